The number of rotatable bonds is 2. The number of ether oxygens (including phenoxy) is 1. The van der Waals surface area contributed by atoms with Gasteiger partial charge in [0.25, 0.3) is 0 Å². The van der Waals surface area contributed by atoms with Crippen molar-refractivity contribution in [3.8, 4) is 0 Å². The van der Waals surface area contributed by atoms with Crippen molar-refractivity contribution >= 4 is 27.1 Å². The standard InChI is InChI=1S/C11H12N2O5S/c1-3-18-11(15)12-8-6-4-5-7-9(8)13(10(12)14)19(2,16)17/h4-7H,3H2,1-2H3. The maximum absolute atomic E-state index is 12.1. The Labute approximate surface area is 109 Å². The van der Waals surface area contributed by atoms with Crippen molar-refractivity contribution < 1.29 is 17.9 Å². The lowest BCUT2D eigenvalue weighted by molar-refractivity contribution is 0.154. The molecule has 2 rings (SSSR count). The van der Waals surface area contributed by atoms with Crippen molar-refractivity contribution in [2.24, 2.45) is 0 Å². The van der Waals surface area contributed by atoms with E-state index in [4.69, 9.17) is 4.74 Å². The molecular weight excluding hydrogens is 272 g/mol. The molecule has 102 valence electrons. The van der Waals surface area contributed by atoms with E-state index in [1.807, 2.05) is 0 Å². The Balaban J connectivity index is 2.91. The summed E-state index contributed by atoms with van der Waals surface area (Å²) in [6, 6.07) is 6.12. The van der Waals surface area contributed by atoms with Gasteiger partial charge in [-0.15, -0.1) is 0 Å². The number of hydrogen-bond donors (Lipinski definition) is 0. The minimum absolute atomic E-state index is 0.0870. The normalized spacial score (nSPS) is 11.7. The van der Waals surface area contributed by atoms with Gasteiger partial charge in [-0.2, -0.15) is 8.54 Å². The zero-order valence-electron chi connectivity index (χ0n) is 10.4. The number of carbonyl (C=O) groups is 1. The minimum atomic E-state index is -3.81. The maximum atomic E-state index is 12.1. The van der Waals surface area contributed by atoms with Crippen LogP contribution in [0.4, 0.5) is 4.79 Å². The number of nitrogens with zero attached hydrogens (tertiary/aromatic N) is 2. The van der Waals surface area contributed by atoms with Crippen LogP contribution in [0.3, 0.4) is 0 Å². The van der Waals surface area contributed by atoms with Crippen molar-refractivity contribution in [2.45, 2.75) is 6.92 Å². The molecule has 0 aliphatic heterocycles. The third-order valence-corrected chi connectivity index (χ3v) is 3.50. The summed E-state index contributed by atoms with van der Waals surface area (Å²) in [7, 11) is -3.81. The van der Waals surface area contributed by atoms with Crippen molar-refractivity contribution in [1.29, 1.82) is 0 Å². The predicted molar refractivity (Wildman–Crippen MR) is 68.9 cm³/mol. The van der Waals surface area contributed by atoms with Gasteiger partial charge in [0.05, 0.1) is 23.9 Å². The van der Waals surface area contributed by atoms with E-state index >= 15 is 0 Å². The largest absolute Gasteiger partial charge is 0.449 e. The van der Waals surface area contributed by atoms with Crippen molar-refractivity contribution in [3.05, 3.63) is 34.7 Å². The van der Waals surface area contributed by atoms with Crippen LogP contribution in [-0.4, -0.2) is 35.9 Å². The molecule has 0 unspecified atom stereocenters. The summed E-state index contributed by atoms with van der Waals surface area (Å²) in [5.41, 5.74) is -0.624. The average Bonchev–Trinajstić information content (AvgIpc) is 2.60. The van der Waals surface area contributed by atoms with E-state index in [2.05, 4.69) is 0 Å². The first kappa shape index (κ1) is 13.3. The molecule has 1 aromatic carbocycles. The monoisotopic (exact) mass is 284 g/mol. The second-order valence-corrected chi connectivity index (χ2v) is 5.66. The highest BCUT2D eigenvalue weighted by molar-refractivity contribution is 7.89. The Hall–Kier alpha value is -2.09. The molecule has 0 aliphatic rings. The lowest BCUT2D eigenvalue weighted by atomic mass is 10.3. The van der Waals surface area contributed by atoms with Gasteiger partial charge < -0.3 is 4.74 Å². The van der Waals surface area contributed by atoms with Gasteiger partial charge in [0.1, 0.15) is 0 Å². The Bertz CT molecular complexity index is 800. The van der Waals surface area contributed by atoms with Crippen LogP contribution in [0.1, 0.15) is 6.92 Å². The summed E-state index contributed by atoms with van der Waals surface area (Å²) in [4.78, 5) is 23.8. The van der Waals surface area contributed by atoms with Crippen molar-refractivity contribution in [3.63, 3.8) is 0 Å². The fourth-order valence-electron chi connectivity index (χ4n) is 1.81. The van der Waals surface area contributed by atoms with E-state index in [1.54, 1.807) is 19.1 Å². The Kier molecular flexibility index (Phi) is 3.19. The summed E-state index contributed by atoms with van der Waals surface area (Å²) < 4.78 is 29.4. The van der Waals surface area contributed by atoms with Gasteiger partial charge in [0.15, 0.2) is 0 Å². The molecule has 0 fully saturated rings. The zero-order chi connectivity index (χ0) is 14.2. The molecule has 0 aliphatic carbocycles. The minimum Gasteiger partial charge on any atom is -0.449 e. The topological polar surface area (TPSA) is 87.4 Å². The molecule has 1 heterocycles. The van der Waals surface area contributed by atoms with Gasteiger partial charge in [-0.25, -0.2) is 18.0 Å². The lowest BCUT2D eigenvalue weighted by Gasteiger charge is -2.01. The fraction of sp³-hybridized carbons (Fsp3) is 0.273. The quantitative estimate of drug-likeness (QED) is 0.806. The van der Waals surface area contributed by atoms with Crippen LogP contribution in [-0.2, 0) is 14.8 Å². The molecule has 0 radical (unpaired) electrons. The fourth-order valence-corrected chi connectivity index (χ4v) is 2.68. The van der Waals surface area contributed by atoms with E-state index < -0.39 is 21.8 Å². The molecule has 8 heteroatoms. The SMILES string of the molecule is CCOC(=O)n1c(=O)n(S(C)(=O)=O)c2ccccc21. The molecule has 0 bridgehead atoms. The van der Waals surface area contributed by atoms with Crippen LogP contribution in [0.5, 0.6) is 0 Å². The summed E-state index contributed by atoms with van der Waals surface area (Å²) in [5, 5.41) is 0. The number of imidazole rings is 1. The van der Waals surface area contributed by atoms with Crippen LogP contribution in [0.15, 0.2) is 29.1 Å². The van der Waals surface area contributed by atoms with Crippen LogP contribution in [0.2, 0.25) is 0 Å². The Morgan fingerprint density at radius 1 is 1.26 bits per heavy atom. The van der Waals surface area contributed by atoms with Crippen LogP contribution < -0.4 is 5.69 Å². The molecule has 0 saturated carbocycles. The molecule has 0 amide bonds. The molecule has 0 spiro atoms. The van der Waals surface area contributed by atoms with Gasteiger partial charge in [-0.05, 0) is 19.1 Å². The summed E-state index contributed by atoms with van der Waals surface area (Å²) in [6.07, 6.45) is 0.00201. The van der Waals surface area contributed by atoms with Crippen molar-refractivity contribution in [2.75, 3.05) is 12.9 Å². The Morgan fingerprint density at radius 2 is 1.84 bits per heavy atom. The molecule has 0 N–H and O–H groups in total. The third-order valence-electron chi connectivity index (χ3n) is 2.49. The second kappa shape index (κ2) is 4.54. The van der Waals surface area contributed by atoms with Crippen LogP contribution in [0.25, 0.3) is 11.0 Å². The number of hydrogen-bond acceptors (Lipinski definition) is 5. The highest BCUT2D eigenvalue weighted by Crippen LogP contribution is 2.14. The predicted octanol–water partition coefficient (Wildman–Crippen LogP) is 0.615. The van der Waals surface area contributed by atoms with Gasteiger partial charge in [0.2, 0.25) is 10.0 Å². The molecule has 2 aromatic rings. The van der Waals surface area contributed by atoms with E-state index in [1.165, 1.54) is 12.1 Å². The van der Waals surface area contributed by atoms with Crippen molar-refractivity contribution in [1.82, 2.24) is 8.54 Å². The number of carbonyl (C=O) groups excluding carboxylic acids is 1. The summed E-state index contributed by atoms with van der Waals surface area (Å²) in [5.74, 6) is 0. The van der Waals surface area contributed by atoms with Gasteiger partial charge in [0, 0.05) is 0 Å². The van der Waals surface area contributed by atoms with Crippen LogP contribution >= 0.6 is 0 Å². The van der Waals surface area contributed by atoms with E-state index in [9.17, 15) is 18.0 Å². The third kappa shape index (κ3) is 2.14. The average molecular weight is 284 g/mol. The highest BCUT2D eigenvalue weighted by Gasteiger charge is 2.23. The Morgan fingerprint density at radius 3 is 2.37 bits per heavy atom. The highest BCUT2D eigenvalue weighted by atomic mass is 32.2. The zero-order valence-corrected chi connectivity index (χ0v) is 11.2. The first-order chi connectivity index (χ1) is 8.88. The first-order valence-corrected chi connectivity index (χ1v) is 7.33. The number of para-hydroxylation sites is 2. The number of benzene rings is 1. The number of aromatic nitrogens is 2. The lowest BCUT2D eigenvalue weighted by Crippen LogP contribution is -2.32. The first-order valence-electron chi connectivity index (χ1n) is 5.48. The molecule has 0 saturated heterocycles. The molecular formula is C11H12N2O5S. The molecule has 0 atom stereocenters. The molecule has 1 aromatic heterocycles. The van der Waals surface area contributed by atoms with Gasteiger partial charge in [-0.1, -0.05) is 12.1 Å². The smallest absolute Gasteiger partial charge is 0.422 e. The van der Waals surface area contributed by atoms with Gasteiger partial charge >= 0.3 is 11.8 Å². The summed E-state index contributed by atoms with van der Waals surface area (Å²) in [6.45, 7) is 1.68. The molecule has 19 heavy (non-hydrogen) atoms. The van der Waals surface area contributed by atoms with E-state index in [0.717, 1.165) is 6.26 Å². The van der Waals surface area contributed by atoms with Crippen LogP contribution in [0, 0.1) is 0 Å². The number of fused-ring (bicyclic) bond motifs is 1. The second-order valence-electron chi connectivity index (χ2n) is 3.83. The van der Waals surface area contributed by atoms with E-state index in [-0.39, 0.29) is 17.6 Å². The maximum Gasteiger partial charge on any atom is 0.422 e. The van der Waals surface area contributed by atoms with E-state index in [0.29, 0.717) is 8.54 Å². The molecule has 7 nitrogen and oxygen atoms in total. The van der Waals surface area contributed by atoms with Gasteiger partial charge in [-0.3, -0.25) is 0 Å². The summed E-state index contributed by atoms with van der Waals surface area (Å²) >= 11 is 0.